The zero-order valence-corrected chi connectivity index (χ0v) is 16.1. The second-order valence-electron chi connectivity index (χ2n) is 7.35. The number of amides is 1. The number of carbonyl (C=O) groups is 1. The fourth-order valence-corrected chi connectivity index (χ4v) is 2.98. The number of unbranched alkanes of at least 4 members (excludes halogenated alkanes) is 8. The van der Waals surface area contributed by atoms with Gasteiger partial charge >= 0.3 is 0 Å². The van der Waals surface area contributed by atoms with E-state index < -0.39 is 5.54 Å². The van der Waals surface area contributed by atoms with Crippen molar-refractivity contribution in [3.63, 3.8) is 0 Å². The van der Waals surface area contributed by atoms with Gasteiger partial charge in [-0.1, -0.05) is 58.3 Å². The Bertz CT molecular complexity index is 585. The first-order valence-corrected chi connectivity index (χ1v) is 10.2. The van der Waals surface area contributed by atoms with Crippen molar-refractivity contribution >= 4 is 5.91 Å². The molecule has 0 unspecified atom stereocenters. The molecule has 0 atom stereocenters. The van der Waals surface area contributed by atoms with Crippen LogP contribution in [0, 0.1) is 11.3 Å². The Kier molecular flexibility index (Phi) is 8.47. The van der Waals surface area contributed by atoms with Crippen molar-refractivity contribution in [1.29, 1.82) is 5.26 Å². The van der Waals surface area contributed by atoms with Crippen LogP contribution in [-0.4, -0.2) is 18.1 Å². The lowest BCUT2D eigenvalue weighted by Gasteiger charge is -2.10. The average molecular weight is 357 g/mol. The highest BCUT2D eigenvalue weighted by atomic mass is 16.5. The summed E-state index contributed by atoms with van der Waals surface area (Å²) in [5.74, 6) is 0.608. The molecule has 2 rings (SSSR count). The van der Waals surface area contributed by atoms with Crippen molar-refractivity contribution < 1.29 is 9.53 Å². The van der Waals surface area contributed by atoms with Gasteiger partial charge in [0.2, 0.25) is 0 Å². The molecule has 0 radical (unpaired) electrons. The van der Waals surface area contributed by atoms with Crippen molar-refractivity contribution in [1.82, 2.24) is 5.32 Å². The highest BCUT2D eigenvalue weighted by Gasteiger charge is 2.44. The maximum Gasteiger partial charge on any atom is 0.252 e. The van der Waals surface area contributed by atoms with Gasteiger partial charge < -0.3 is 10.1 Å². The Morgan fingerprint density at radius 2 is 1.62 bits per heavy atom. The topological polar surface area (TPSA) is 62.1 Å². The van der Waals surface area contributed by atoms with E-state index in [1.807, 2.05) is 12.1 Å². The van der Waals surface area contributed by atoms with Gasteiger partial charge in [0.1, 0.15) is 11.3 Å². The molecule has 0 aliphatic heterocycles. The van der Waals surface area contributed by atoms with Crippen molar-refractivity contribution in [2.24, 2.45) is 0 Å². The Hall–Kier alpha value is -2.02. The zero-order chi connectivity index (χ0) is 18.7. The van der Waals surface area contributed by atoms with E-state index in [1.54, 1.807) is 12.1 Å². The van der Waals surface area contributed by atoms with Crippen LogP contribution in [0.1, 0.15) is 87.9 Å². The summed E-state index contributed by atoms with van der Waals surface area (Å²) in [5.41, 5.74) is -0.0515. The standard InChI is InChI=1S/C22H32N2O2/c1-2-3-4-5-6-7-8-9-10-17-26-20-13-11-19(12-14-20)21(25)24-22(18-23)15-16-22/h11-14H,2-10,15-17H2,1H3,(H,24,25). The molecule has 4 nitrogen and oxygen atoms in total. The third kappa shape index (κ3) is 7.07. The number of benzene rings is 1. The van der Waals surface area contributed by atoms with Crippen molar-refractivity contribution in [2.45, 2.75) is 83.1 Å². The number of nitriles is 1. The summed E-state index contributed by atoms with van der Waals surface area (Å²) in [6.45, 7) is 2.97. The number of rotatable bonds is 13. The second-order valence-corrected chi connectivity index (χ2v) is 7.35. The van der Waals surface area contributed by atoms with Crippen LogP contribution in [0.3, 0.4) is 0 Å². The fourth-order valence-electron chi connectivity index (χ4n) is 2.98. The number of nitrogens with zero attached hydrogens (tertiary/aromatic N) is 1. The molecule has 0 heterocycles. The molecule has 1 aromatic rings. The molecule has 4 heteroatoms. The molecule has 142 valence electrons. The Morgan fingerprint density at radius 3 is 2.15 bits per heavy atom. The van der Waals surface area contributed by atoms with Crippen LogP contribution < -0.4 is 10.1 Å². The van der Waals surface area contributed by atoms with Gasteiger partial charge in [-0.15, -0.1) is 0 Å². The third-order valence-corrected chi connectivity index (χ3v) is 4.95. The molecule has 1 fully saturated rings. The quantitative estimate of drug-likeness (QED) is 0.482. The maximum atomic E-state index is 12.1. The van der Waals surface area contributed by atoms with Gasteiger partial charge in [-0.2, -0.15) is 5.26 Å². The van der Waals surface area contributed by atoms with E-state index in [2.05, 4.69) is 18.3 Å². The largest absolute Gasteiger partial charge is 0.494 e. The van der Waals surface area contributed by atoms with Crippen molar-refractivity contribution in [3.05, 3.63) is 29.8 Å². The summed E-state index contributed by atoms with van der Waals surface area (Å²) in [7, 11) is 0. The molecular weight excluding hydrogens is 324 g/mol. The summed E-state index contributed by atoms with van der Waals surface area (Å²) in [5, 5.41) is 11.8. The van der Waals surface area contributed by atoms with E-state index in [-0.39, 0.29) is 5.91 Å². The molecule has 0 bridgehead atoms. The summed E-state index contributed by atoms with van der Waals surface area (Å²) in [6, 6.07) is 9.34. The lowest BCUT2D eigenvalue weighted by Crippen LogP contribution is -2.35. The molecule has 0 aromatic heterocycles. The van der Waals surface area contributed by atoms with E-state index in [9.17, 15) is 4.79 Å². The van der Waals surface area contributed by atoms with E-state index >= 15 is 0 Å². The average Bonchev–Trinajstić information content (AvgIpc) is 3.43. The first kappa shape index (κ1) is 20.3. The Morgan fingerprint density at radius 1 is 1.04 bits per heavy atom. The Balaban J connectivity index is 1.55. The van der Waals surface area contributed by atoms with Crippen LogP contribution in [0.25, 0.3) is 0 Å². The van der Waals surface area contributed by atoms with Crippen LogP contribution in [0.2, 0.25) is 0 Å². The van der Waals surface area contributed by atoms with E-state index in [1.165, 1.54) is 51.4 Å². The molecule has 1 N–H and O–H groups in total. The van der Waals surface area contributed by atoms with Gasteiger partial charge in [0.05, 0.1) is 12.7 Å². The minimum Gasteiger partial charge on any atom is -0.494 e. The van der Waals surface area contributed by atoms with Gasteiger partial charge in [-0.05, 0) is 43.5 Å². The summed E-state index contributed by atoms with van der Waals surface area (Å²) in [6.07, 6.45) is 13.2. The van der Waals surface area contributed by atoms with E-state index in [0.29, 0.717) is 5.56 Å². The van der Waals surface area contributed by atoms with Crippen LogP contribution in [0.15, 0.2) is 24.3 Å². The highest BCUT2D eigenvalue weighted by Crippen LogP contribution is 2.34. The van der Waals surface area contributed by atoms with Gasteiger partial charge in [0.15, 0.2) is 0 Å². The fraction of sp³-hybridized carbons (Fsp3) is 0.636. The molecule has 1 aliphatic rings. The van der Waals surface area contributed by atoms with Gasteiger partial charge in [-0.25, -0.2) is 0 Å². The smallest absolute Gasteiger partial charge is 0.252 e. The molecule has 1 saturated carbocycles. The third-order valence-electron chi connectivity index (χ3n) is 4.95. The first-order valence-electron chi connectivity index (χ1n) is 10.2. The number of hydrogen-bond donors (Lipinski definition) is 1. The van der Waals surface area contributed by atoms with Crippen LogP contribution in [0.5, 0.6) is 5.75 Å². The predicted molar refractivity (Wildman–Crippen MR) is 104 cm³/mol. The molecule has 26 heavy (non-hydrogen) atoms. The SMILES string of the molecule is CCCCCCCCCCCOc1ccc(C(=O)NC2(C#N)CC2)cc1. The monoisotopic (exact) mass is 356 g/mol. The van der Waals surface area contributed by atoms with Gasteiger partial charge in [0.25, 0.3) is 5.91 Å². The number of ether oxygens (including phenoxy) is 1. The van der Waals surface area contributed by atoms with Crippen molar-refractivity contribution in [3.8, 4) is 11.8 Å². The normalized spacial score (nSPS) is 14.5. The van der Waals surface area contributed by atoms with Crippen LogP contribution in [0.4, 0.5) is 0 Å². The number of hydrogen-bond acceptors (Lipinski definition) is 3. The summed E-state index contributed by atoms with van der Waals surface area (Å²) >= 11 is 0. The Labute approximate surface area is 157 Å². The molecule has 1 aromatic carbocycles. The predicted octanol–water partition coefficient (Wildman–Crippen LogP) is 5.38. The summed E-state index contributed by atoms with van der Waals surface area (Å²) in [4.78, 5) is 12.1. The van der Waals surface area contributed by atoms with Crippen LogP contribution >= 0.6 is 0 Å². The highest BCUT2D eigenvalue weighted by molar-refractivity contribution is 5.95. The lowest BCUT2D eigenvalue weighted by molar-refractivity contribution is 0.0941. The molecule has 0 saturated heterocycles. The van der Waals surface area contributed by atoms with E-state index in [0.717, 1.165) is 31.6 Å². The maximum absolute atomic E-state index is 12.1. The second kappa shape index (κ2) is 10.9. The minimum atomic E-state index is -0.623. The zero-order valence-electron chi connectivity index (χ0n) is 16.1. The summed E-state index contributed by atoms with van der Waals surface area (Å²) < 4.78 is 5.75. The molecule has 0 spiro atoms. The van der Waals surface area contributed by atoms with Crippen molar-refractivity contribution in [2.75, 3.05) is 6.61 Å². The molecule has 1 amide bonds. The van der Waals surface area contributed by atoms with Gasteiger partial charge in [0, 0.05) is 5.56 Å². The number of nitrogens with one attached hydrogen (secondary N) is 1. The lowest BCUT2D eigenvalue weighted by atomic mass is 10.1. The number of carbonyl (C=O) groups excluding carboxylic acids is 1. The first-order chi connectivity index (χ1) is 12.7. The molecule has 1 aliphatic carbocycles. The van der Waals surface area contributed by atoms with Gasteiger partial charge in [-0.3, -0.25) is 4.79 Å². The van der Waals surface area contributed by atoms with E-state index in [4.69, 9.17) is 10.00 Å². The van der Waals surface area contributed by atoms with Crippen LogP contribution in [-0.2, 0) is 0 Å². The molecular formula is C22H32N2O2. The minimum absolute atomic E-state index is 0.186.